The van der Waals surface area contributed by atoms with Crippen LogP contribution in [0.5, 0.6) is 0 Å². The number of hydrogen-bond donors (Lipinski definition) is 2. The zero-order valence-electron chi connectivity index (χ0n) is 9.45. The van der Waals surface area contributed by atoms with Crippen LogP contribution >= 0.6 is 0 Å². The molecule has 3 aromatic rings. The van der Waals surface area contributed by atoms with Crippen molar-refractivity contribution >= 4 is 11.0 Å². The van der Waals surface area contributed by atoms with Gasteiger partial charge in [-0.15, -0.1) is 0 Å². The van der Waals surface area contributed by atoms with Crippen LogP contribution in [0.2, 0.25) is 0 Å². The van der Waals surface area contributed by atoms with Crippen molar-refractivity contribution in [3.8, 4) is 0 Å². The standard InChI is InChI=1S/C13H11N3O2/c17-18-13(9-4-2-1-3-5-9)10-6-7-11-12(8-10)15-16-14-11/h1-8,13,17H,(H,14,15,16). The van der Waals surface area contributed by atoms with Gasteiger partial charge in [-0.3, -0.25) is 5.26 Å². The Labute approximate surface area is 103 Å². The van der Waals surface area contributed by atoms with E-state index in [1.807, 2.05) is 48.5 Å². The summed E-state index contributed by atoms with van der Waals surface area (Å²) < 4.78 is 0. The maximum absolute atomic E-state index is 9.11. The molecule has 1 aromatic heterocycles. The van der Waals surface area contributed by atoms with Crippen molar-refractivity contribution in [3.63, 3.8) is 0 Å². The lowest BCUT2D eigenvalue weighted by Crippen LogP contribution is -2.03. The number of nitrogens with zero attached hydrogens (tertiary/aromatic N) is 2. The Morgan fingerprint density at radius 1 is 0.944 bits per heavy atom. The monoisotopic (exact) mass is 241 g/mol. The molecule has 5 nitrogen and oxygen atoms in total. The lowest BCUT2D eigenvalue weighted by Gasteiger charge is -2.13. The Morgan fingerprint density at radius 2 is 1.72 bits per heavy atom. The summed E-state index contributed by atoms with van der Waals surface area (Å²) >= 11 is 0. The summed E-state index contributed by atoms with van der Waals surface area (Å²) in [5, 5.41) is 19.7. The first-order chi connectivity index (χ1) is 8.88. The smallest absolute Gasteiger partial charge is 0.143 e. The van der Waals surface area contributed by atoms with E-state index in [2.05, 4.69) is 20.3 Å². The van der Waals surface area contributed by atoms with Crippen molar-refractivity contribution in [2.75, 3.05) is 0 Å². The number of hydrogen-bond acceptors (Lipinski definition) is 4. The molecule has 0 fully saturated rings. The van der Waals surface area contributed by atoms with E-state index >= 15 is 0 Å². The third-order valence-corrected chi connectivity index (χ3v) is 2.85. The summed E-state index contributed by atoms with van der Waals surface area (Å²) in [4.78, 5) is 4.59. The van der Waals surface area contributed by atoms with Crippen molar-refractivity contribution in [1.82, 2.24) is 15.4 Å². The number of benzene rings is 2. The highest BCUT2D eigenvalue weighted by molar-refractivity contribution is 5.74. The van der Waals surface area contributed by atoms with Gasteiger partial charge in [0.2, 0.25) is 0 Å². The SMILES string of the molecule is OOC(c1ccccc1)c1ccc2n[nH]nc2c1. The molecule has 0 bridgehead atoms. The molecule has 2 aromatic carbocycles. The maximum Gasteiger partial charge on any atom is 0.143 e. The molecule has 0 amide bonds. The molecular weight excluding hydrogens is 230 g/mol. The highest BCUT2D eigenvalue weighted by Gasteiger charge is 2.15. The van der Waals surface area contributed by atoms with Crippen LogP contribution < -0.4 is 0 Å². The van der Waals surface area contributed by atoms with Crippen molar-refractivity contribution < 1.29 is 10.1 Å². The lowest BCUT2D eigenvalue weighted by atomic mass is 10.0. The van der Waals surface area contributed by atoms with Gasteiger partial charge in [0.1, 0.15) is 17.1 Å². The molecule has 0 aliphatic heterocycles. The second-order valence-electron chi connectivity index (χ2n) is 3.97. The molecule has 1 unspecified atom stereocenters. The van der Waals surface area contributed by atoms with Gasteiger partial charge in [-0.25, -0.2) is 4.89 Å². The Hall–Kier alpha value is -2.24. The molecule has 3 rings (SSSR count). The fourth-order valence-electron chi connectivity index (χ4n) is 1.96. The predicted octanol–water partition coefficient (Wildman–Crippen LogP) is 2.54. The van der Waals surface area contributed by atoms with Gasteiger partial charge in [0.05, 0.1) is 0 Å². The van der Waals surface area contributed by atoms with Gasteiger partial charge in [0.15, 0.2) is 0 Å². The van der Waals surface area contributed by atoms with Crippen LogP contribution in [-0.2, 0) is 4.89 Å². The molecule has 5 heteroatoms. The fourth-order valence-corrected chi connectivity index (χ4v) is 1.96. The van der Waals surface area contributed by atoms with Gasteiger partial charge in [0.25, 0.3) is 0 Å². The minimum absolute atomic E-state index is 0.521. The van der Waals surface area contributed by atoms with Crippen LogP contribution in [0.3, 0.4) is 0 Å². The molecule has 0 saturated heterocycles. The maximum atomic E-state index is 9.11. The summed E-state index contributed by atoms with van der Waals surface area (Å²) in [7, 11) is 0. The summed E-state index contributed by atoms with van der Waals surface area (Å²) in [6.45, 7) is 0. The molecule has 0 radical (unpaired) electrons. The number of nitrogens with one attached hydrogen (secondary N) is 1. The third kappa shape index (κ3) is 1.85. The van der Waals surface area contributed by atoms with E-state index in [-0.39, 0.29) is 0 Å². The van der Waals surface area contributed by atoms with Gasteiger partial charge in [-0.05, 0) is 23.3 Å². The highest BCUT2D eigenvalue weighted by Crippen LogP contribution is 2.26. The van der Waals surface area contributed by atoms with Gasteiger partial charge in [0, 0.05) is 0 Å². The second-order valence-corrected chi connectivity index (χ2v) is 3.97. The van der Waals surface area contributed by atoms with E-state index in [0.29, 0.717) is 0 Å². The van der Waals surface area contributed by atoms with E-state index in [0.717, 1.165) is 22.2 Å². The zero-order chi connectivity index (χ0) is 12.4. The molecule has 0 saturated carbocycles. The van der Waals surface area contributed by atoms with Gasteiger partial charge in [-0.2, -0.15) is 15.4 Å². The normalized spacial score (nSPS) is 12.7. The van der Waals surface area contributed by atoms with Gasteiger partial charge in [-0.1, -0.05) is 36.4 Å². The number of fused-ring (bicyclic) bond motifs is 1. The average molecular weight is 241 g/mol. The van der Waals surface area contributed by atoms with Crippen molar-refractivity contribution in [2.45, 2.75) is 6.10 Å². The van der Waals surface area contributed by atoms with E-state index < -0.39 is 6.10 Å². The van der Waals surface area contributed by atoms with Crippen LogP contribution in [-0.4, -0.2) is 20.7 Å². The predicted molar refractivity (Wildman–Crippen MR) is 65.9 cm³/mol. The zero-order valence-corrected chi connectivity index (χ0v) is 9.45. The van der Waals surface area contributed by atoms with Crippen LogP contribution in [0, 0.1) is 0 Å². The number of rotatable bonds is 3. The summed E-state index contributed by atoms with van der Waals surface area (Å²) in [6, 6.07) is 15.0. The third-order valence-electron chi connectivity index (χ3n) is 2.85. The Kier molecular flexibility index (Phi) is 2.76. The quantitative estimate of drug-likeness (QED) is 0.546. The molecule has 0 aliphatic rings. The molecule has 1 heterocycles. The average Bonchev–Trinajstić information content (AvgIpc) is 2.88. The van der Waals surface area contributed by atoms with Crippen molar-refractivity contribution in [3.05, 3.63) is 59.7 Å². The van der Waals surface area contributed by atoms with Gasteiger partial charge >= 0.3 is 0 Å². The Bertz CT molecular complexity index is 651. The molecule has 0 aliphatic carbocycles. The number of H-pyrrole nitrogens is 1. The second kappa shape index (κ2) is 4.56. The van der Waals surface area contributed by atoms with Gasteiger partial charge < -0.3 is 0 Å². The lowest BCUT2D eigenvalue weighted by molar-refractivity contribution is -0.270. The molecule has 0 spiro atoms. The molecule has 18 heavy (non-hydrogen) atoms. The largest absolute Gasteiger partial charge is 0.251 e. The summed E-state index contributed by atoms with van der Waals surface area (Å²) in [6.07, 6.45) is -0.521. The first-order valence-corrected chi connectivity index (χ1v) is 5.54. The highest BCUT2D eigenvalue weighted by atomic mass is 17.1. The van der Waals surface area contributed by atoms with E-state index in [1.165, 1.54) is 0 Å². The summed E-state index contributed by atoms with van der Waals surface area (Å²) in [5.41, 5.74) is 3.22. The number of aromatic nitrogens is 3. The molecule has 2 N–H and O–H groups in total. The summed E-state index contributed by atoms with van der Waals surface area (Å²) in [5.74, 6) is 0. The molecular formula is C13H11N3O2. The minimum Gasteiger partial charge on any atom is -0.251 e. The van der Waals surface area contributed by atoms with Crippen molar-refractivity contribution in [2.24, 2.45) is 0 Å². The van der Waals surface area contributed by atoms with Crippen molar-refractivity contribution in [1.29, 1.82) is 0 Å². The van der Waals surface area contributed by atoms with E-state index in [9.17, 15) is 0 Å². The molecule has 90 valence electrons. The Morgan fingerprint density at radius 3 is 2.50 bits per heavy atom. The van der Waals surface area contributed by atoms with E-state index in [1.54, 1.807) is 0 Å². The van der Waals surface area contributed by atoms with E-state index in [4.69, 9.17) is 5.26 Å². The first-order valence-electron chi connectivity index (χ1n) is 5.54. The molecule has 1 atom stereocenters. The fraction of sp³-hybridized carbons (Fsp3) is 0.0769. The van der Waals surface area contributed by atoms with Crippen LogP contribution in [0.25, 0.3) is 11.0 Å². The Balaban J connectivity index is 2.05. The topological polar surface area (TPSA) is 71.0 Å². The number of aromatic amines is 1. The minimum atomic E-state index is -0.521. The van der Waals surface area contributed by atoms with Crippen LogP contribution in [0.4, 0.5) is 0 Å². The van der Waals surface area contributed by atoms with Crippen LogP contribution in [0.1, 0.15) is 17.2 Å². The van der Waals surface area contributed by atoms with Crippen LogP contribution in [0.15, 0.2) is 48.5 Å². The first kappa shape index (κ1) is 10.9.